The highest BCUT2D eigenvalue weighted by molar-refractivity contribution is 7.89. The van der Waals surface area contributed by atoms with Gasteiger partial charge in [0.1, 0.15) is 18.2 Å². The van der Waals surface area contributed by atoms with Crippen LogP contribution in [0.4, 0.5) is 10.1 Å². The number of amides is 1. The van der Waals surface area contributed by atoms with Gasteiger partial charge in [0.15, 0.2) is 0 Å². The van der Waals surface area contributed by atoms with Crippen LogP contribution in [0.5, 0.6) is 5.75 Å². The van der Waals surface area contributed by atoms with Gasteiger partial charge in [-0.25, -0.2) is 17.1 Å². The van der Waals surface area contributed by atoms with Crippen molar-refractivity contribution < 1.29 is 27.1 Å². The van der Waals surface area contributed by atoms with Gasteiger partial charge in [-0.1, -0.05) is 0 Å². The second kappa shape index (κ2) is 10.9. The van der Waals surface area contributed by atoms with Gasteiger partial charge in [0.25, 0.3) is 0 Å². The summed E-state index contributed by atoms with van der Waals surface area (Å²) in [7, 11) is -0.690. The molecule has 0 bridgehead atoms. The van der Waals surface area contributed by atoms with E-state index in [1.807, 2.05) is 0 Å². The van der Waals surface area contributed by atoms with Gasteiger partial charge >= 0.3 is 0 Å². The number of methoxy groups -OCH3 is 1. The molecule has 0 unspecified atom stereocenters. The van der Waals surface area contributed by atoms with Crippen LogP contribution in [0.15, 0.2) is 53.4 Å². The fourth-order valence-corrected chi connectivity index (χ4v) is 3.68. The lowest BCUT2D eigenvalue weighted by Gasteiger charge is -2.17. The third-order valence-corrected chi connectivity index (χ3v) is 5.96. The zero-order valence-electron chi connectivity index (χ0n) is 16.4. The first-order valence-corrected chi connectivity index (χ1v) is 10.5. The lowest BCUT2D eigenvalue weighted by atomic mass is 10.2. The lowest BCUT2D eigenvalue weighted by molar-refractivity contribution is -0.116. The molecule has 0 radical (unpaired) electrons. The molecule has 0 spiro atoms. The van der Waals surface area contributed by atoms with Crippen molar-refractivity contribution in [3.8, 4) is 5.75 Å². The van der Waals surface area contributed by atoms with Gasteiger partial charge in [-0.3, -0.25) is 4.79 Å². The quantitative estimate of drug-likeness (QED) is 0.561. The summed E-state index contributed by atoms with van der Waals surface area (Å²) in [5.41, 5.74) is 0.626. The second-order valence-electron chi connectivity index (χ2n) is 6.30. The maximum absolute atomic E-state index is 13.0. The smallest absolute Gasteiger partial charge is 0.242 e. The van der Waals surface area contributed by atoms with E-state index in [4.69, 9.17) is 9.47 Å². The predicted octanol–water partition coefficient (Wildman–Crippen LogP) is 2.89. The average Bonchev–Trinajstić information content (AvgIpc) is 2.69. The van der Waals surface area contributed by atoms with Gasteiger partial charge in [-0.2, -0.15) is 0 Å². The van der Waals surface area contributed by atoms with Crippen LogP contribution in [0.2, 0.25) is 0 Å². The Labute approximate surface area is 170 Å². The number of rotatable bonds is 11. The summed E-state index contributed by atoms with van der Waals surface area (Å²) < 4.78 is 49.3. The summed E-state index contributed by atoms with van der Waals surface area (Å²) in [6.45, 7) is 1.10. The average molecular weight is 424 g/mol. The number of hydrogen-bond donors (Lipinski definition) is 1. The first-order chi connectivity index (χ1) is 13.8. The molecule has 0 saturated carbocycles. The second-order valence-corrected chi connectivity index (χ2v) is 8.34. The number of ether oxygens (including phenoxy) is 2. The molecular weight excluding hydrogens is 399 g/mol. The zero-order chi connectivity index (χ0) is 21.3. The fraction of sp³-hybridized carbons (Fsp3) is 0.350. The Morgan fingerprint density at radius 3 is 2.34 bits per heavy atom. The van der Waals surface area contributed by atoms with Crippen LogP contribution in [0.25, 0.3) is 0 Å². The van der Waals surface area contributed by atoms with Crippen molar-refractivity contribution in [2.45, 2.75) is 17.7 Å². The topological polar surface area (TPSA) is 84.9 Å². The van der Waals surface area contributed by atoms with E-state index in [0.29, 0.717) is 31.1 Å². The molecule has 0 saturated heterocycles. The van der Waals surface area contributed by atoms with Crippen molar-refractivity contribution in [3.05, 3.63) is 54.3 Å². The van der Waals surface area contributed by atoms with Crippen LogP contribution >= 0.6 is 0 Å². The monoisotopic (exact) mass is 424 g/mol. The minimum Gasteiger partial charge on any atom is -0.491 e. The highest BCUT2D eigenvalue weighted by atomic mass is 32.2. The number of nitrogens with zero attached hydrogens (tertiary/aromatic N) is 1. The number of carbonyl (C=O) groups excluding carboxylic acids is 1. The summed E-state index contributed by atoms with van der Waals surface area (Å²) in [4.78, 5) is 12.1. The molecule has 0 heterocycles. The van der Waals surface area contributed by atoms with Gasteiger partial charge in [-0.05, 0) is 55.0 Å². The van der Waals surface area contributed by atoms with E-state index in [0.717, 1.165) is 16.4 Å². The van der Waals surface area contributed by atoms with E-state index in [1.54, 1.807) is 31.4 Å². The number of anilines is 1. The SMILES string of the molecule is COCCOc1ccc(NC(=O)CCCN(C)S(=O)(=O)c2ccc(F)cc2)cc1. The first-order valence-electron chi connectivity index (χ1n) is 9.06. The molecule has 2 rings (SSSR count). The van der Waals surface area contributed by atoms with Gasteiger partial charge < -0.3 is 14.8 Å². The van der Waals surface area contributed by atoms with E-state index in [2.05, 4.69) is 5.32 Å². The van der Waals surface area contributed by atoms with Crippen LogP contribution in [0, 0.1) is 5.82 Å². The van der Waals surface area contributed by atoms with Crippen molar-refractivity contribution in [1.29, 1.82) is 0 Å². The Bertz CT molecular complexity index is 886. The molecule has 0 fully saturated rings. The molecule has 0 aliphatic heterocycles. The summed E-state index contributed by atoms with van der Waals surface area (Å²) in [5.74, 6) is -0.0452. The van der Waals surface area contributed by atoms with Crippen LogP contribution in [-0.2, 0) is 19.6 Å². The number of halogens is 1. The van der Waals surface area contributed by atoms with Crippen LogP contribution in [0.3, 0.4) is 0 Å². The van der Waals surface area contributed by atoms with Crippen LogP contribution in [0.1, 0.15) is 12.8 Å². The third-order valence-electron chi connectivity index (χ3n) is 4.09. The molecular formula is C20H25FN2O5S. The van der Waals surface area contributed by atoms with Gasteiger partial charge in [-0.15, -0.1) is 0 Å². The molecule has 2 aromatic carbocycles. The minimum atomic E-state index is -3.71. The predicted molar refractivity (Wildman–Crippen MR) is 108 cm³/mol. The molecule has 29 heavy (non-hydrogen) atoms. The van der Waals surface area contributed by atoms with E-state index in [-0.39, 0.29) is 23.8 Å². The lowest BCUT2D eigenvalue weighted by Crippen LogP contribution is -2.28. The molecule has 9 heteroatoms. The summed E-state index contributed by atoms with van der Waals surface area (Å²) >= 11 is 0. The third kappa shape index (κ3) is 7.12. The summed E-state index contributed by atoms with van der Waals surface area (Å²) in [6.07, 6.45) is 0.510. The first kappa shape index (κ1) is 22.8. The molecule has 0 aliphatic carbocycles. The maximum atomic E-state index is 13.0. The van der Waals surface area contributed by atoms with Gasteiger partial charge in [0.2, 0.25) is 15.9 Å². The highest BCUT2D eigenvalue weighted by Gasteiger charge is 2.20. The normalized spacial score (nSPS) is 11.4. The Morgan fingerprint density at radius 1 is 1.07 bits per heavy atom. The van der Waals surface area contributed by atoms with Crippen LogP contribution < -0.4 is 10.1 Å². The standard InChI is InChI=1S/C20H25FN2O5S/c1-23(29(25,26)19-11-5-16(21)6-12-19)13-3-4-20(24)22-17-7-9-18(10-8-17)28-15-14-27-2/h5-12H,3-4,13-15H2,1-2H3,(H,22,24). The molecule has 0 aliphatic rings. The van der Waals surface area contributed by atoms with Crippen molar-refractivity contribution in [3.63, 3.8) is 0 Å². The Morgan fingerprint density at radius 2 is 1.72 bits per heavy atom. The van der Waals surface area contributed by atoms with E-state index in [1.165, 1.54) is 19.2 Å². The summed E-state index contributed by atoms with van der Waals surface area (Å²) in [5, 5.41) is 2.76. The summed E-state index contributed by atoms with van der Waals surface area (Å²) in [6, 6.07) is 11.6. The zero-order valence-corrected chi connectivity index (χ0v) is 17.2. The Hall–Kier alpha value is -2.49. The van der Waals surface area contributed by atoms with Crippen molar-refractivity contribution >= 4 is 21.6 Å². The molecule has 0 atom stereocenters. The van der Waals surface area contributed by atoms with E-state index in [9.17, 15) is 17.6 Å². The number of sulfonamides is 1. The van der Waals surface area contributed by atoms with Crippen molar-refractivity contribution in [1.82, 2.24) is 4.31 Å². The molecule has 0 aromatic heterocycles. The Balaban J connectivity index is 1.78. The number of benzene rings is 2. The van der Waals surface area contributed by atoms with Crippen LogP contribution in [-0.4, -0.2) is 52.5 Å². The largest absolute Gasteiger partial charge is 0.491 e. The number of nitrogens with one attached hydrogen (secondary N) is 1. The van der Waals surface area contributed by atoms with Crippen molar-refractivity contribution in [2.75, 3.05) is 39.2 Å². The maximum Gasteiger partial charge on any atom is 0.242 e. The minimum absolute atomic E-state index is 0.0126. The molecule has 7 nitrogen and oxygen atoms in total. The number of hydrogen-bond acceptors (Lipinski definition) is 5. The fourth-order valence-electron chi connectivity index (χ4n) is 2.47. The van der Waals surface area contributed by atoms with Gasteiger partial charge in [0.05, 0.1) is 11.5 Å². The van der Waals surface area contributed by atoms with Crippen molar-refractivity contribution in [2.24, 2.45) is 0 Å². The van der Waals surface area contributed by atoms with Gasteiger partial charge in [0, 0.05) is 32.8 Å². The highest BCUT2D eigenvalue weighted by Crippen LogP contribution is 2.17. The van der Waals surface area contributed by atoms with E-state index < -0.39 is 15.8 Å². The molecule has 158 valence electrons. The molecule has 1 amide bonds. The molecule has 2 aromatic rings. The molecule has 1 N–H and O–H groups in total. The Kier molecular flexibility index (Phi) is 8.56. The van der Waals surface area contributed by atoms with E-state index >= 15 is 0 Å². The number of carbonyl (C=O) groups is 1.